The number of hydrogen-bond acceptors (Lipinski definition) is 3. The molecule has 92 valence electrons. The van der Waals surface area contributed by atoms with Gasteiger partial charge in [-0.15, -0.1) is 0 Å². The van der Waals surface area contributed by atoms with Gasteiger partial charge in [0.25, 0.3) is 0 Å². The molecule has 0 spiro atoms. The average Bonchev–Trinajstić information content (AvgIpc) is 2.81. The highest BCUT2D eigenvalue weighted by Gasteiger charge is 2.63. The molecule has 0 bridgehead atoms. The zero-order chi connectivity index (χ0) is 12.8. The Hall–Kier alpha value is -1.71. The first kappa shape index (κ1) is 11.8. The number of carbonyl (C=O) groups is 1. The molecule has 1 aliphatic rings. The number of benzene rings is 1. The summed E-state index contributed by atoms with van der Waals surface area (Å²) in [5.41, 5.74) is 0.582. The van der Waals surface area contributed by atoms with E-state index in [1.807, 2.05) is 13.8 Å². The van der Waals surface area contributed by atoms with Crippen molar-refractivity contribution in [1.29, 1.82) is 0 Å². The maximum absolute atomic E-state index is 11.1. The molecular formula is C13H16O4. The first-order valence-corrected chi connectivity index (χ1v) is 5.49. The van der Waals surface area contributed by atoms with E-state index in [9.17, 15) is 9.90 Å². The number of phenols is 1. The highest BCUT2D eigenvalue weighted by atomic mass is 16.5. The van der Waals surface area contributed by atoms with Crippen molar-refractivity contribution in [3.63, 3.8) is 0 Å². The number of carboxylic acid groups (broad SMARTS) is 1. The summed E-state index contributed by atoms with van der Waals surface area (Å²) in [6.45, 7) is 3.87. The van der Waals surface area contributed by atoms with Crippen LogP contribution in [0, 0.1) is 11.3 Å². The molecule has 0 heterocycles. The third-order valence-electron chi connectivity index (χ3n) is 3.65. The normalized spacial score (nSPS) is 25.4. The number of carboxylic acids is 1. The number of aliphatic carboxylic acids is 1. The van der Waals surface area contributed by atoms with E-state index in [1.54, 1.807) is 12.1 Å². The Morgan fingerprint density at radius 1 is 1.41 bits per heavy atom. The predicted molar refractivity (Wildman–Crippen MR) is 62.3 cm³/mol. The number of aromatic hydroxyl groups is 1. The van der Waals surface area contributed by atoms with Crippen molar-refractivity contribution >= 4 is 5.97 Å². The molecule has 1 aromatic carbocycles. The van der Waals surface area contributed by atoms with Crippen molar-refractivity contribution < 1.29 is 19.7 Å². The van der Waals surface area contributed by atoms with Crippen LogP contribution in [0.15, 0.2) is 18.2 Å². The molecule has 4 nitrogen and oxygen atoms in total. The van der Waals surface area contributed by atoms with Crippen molar-refractivity contribution in [3.05, 3.63) is 23.8 Å². The summed E-state index contributed by atoms with van der Waals surface area (Å²) in [4.78, 5) is 11.1. The number of hydrogen-bond donors (Lipinski definition) is 2. The Balaban J connectivity index is 2.40. The van der Waals surface area contributed by atoms with Crippen LogP contribution >= 0.6 is 0 Å². The fraction of sp³-hybridized carbons (Fsp3) is 0.462. The molecule has 0 aromatic heterocycles. The van der Waals surface area contributed by atoms with Crippen molar-refractivity contribution in [3.8, 4) is 11.5 Å². The summed E-state index contributed by atoms with van der Waals surface area (Å²) >= 11 is 0. The van der Waals surface area contributed by atoms with Gasteiger partial charge >= 0.3 is 5.97 Å². The molecule has 0 amide bonds. The second kappa shape index (κ2) is 3.65. The summed E-state index contributed by atoms with van der Waals surface area (Å²) in [7, 11) is 1.52. The van der Waals surface area contributed by atoms with Crippen molar-refractivity contribution in [2.45, 2.75) is 19.8 Å². The zero-order valence-electron chi connectivity index (χ0n) is 10.1. The molecule has 17 heavy (non-hydrogen) atoms. The molecule has 0 aliphatic heterocycles. The lowest BCUT2D eigenvalue weighted by Gasteiger charge is -2.09. The van der Waals surface area contributed by atoms with Gasteiger partial charge in [0.05, 0.1) is 13.0 Å². The predicted octanol–water partition coefficient (Wildman–Crippen LogP) is 2.22. The molecule has 0 saturated heterocycles. The Morgan fingerprint density at radius 2 is 2.06 bits per heavy atom. The van der Waals surface area contributed by atoms with E-state index >= 15 is 0 Å². The van der Waals surface area contributed by atoms with Crippen LogP contribution in [0.4, 0.5) is 0 Å². The van der Waals surface area contributed by atoms with Gasteiger partial charge < -0.3 is 14.9 Å². The van der Waals surface area contributed by atoms with Crippen molar-refractivity contribution in [1.82, 2.24) is 0 Å². The minimum atomic E-state index is -0.782. The molecule has 0 radical (unpaired) electrons. The van der Waals surface area contributed by atoms with Crippen LogP contribution in [0.3, 0.4) is 0 Å². The first-order chi connectivity index (χ1) is 7.89. The van der Waals surface area contributed by atoms with Gasteiger partial charge in [-0.05, 0) is 17.0 Å². The first-order valence-electron chi connectivity index (χ1n) is 5.49. The SMILES string of the molecule is COc1cc(O)ccc1[C@@H]1[C@@H](C(=O)O)C1(C)C. The molecule has 0 unspecified atom stereocenters. The van der Waals surface area contributed by atoms with E-state index in [2.05, 4.69) is 0 Å². The van der Waals surface area contributed by atoms with E-state index < -0.39 is 5.97 Å². The molecule has 2 atom stereocenters. The van der Waals surface area contributed by atoms with Crippen LogP contribution in [0.5, 0.6) is 11.5 Å². The maximum atomic E-state index is 11.1. The van der Waals surface area contributed by atoms with Crippen molar-refractivity contribution in [2.24, 2.45) is 11.3 Å². The van der Waals surface area contributed by atoms with Gasteiger partial charge in [-0.1, -0.05) is 19.9 Å². The Bertz CT molecular complexity index is 464. The van der Waals surface area contributed by atoms with Crippen LogP contribution in [-0.2, 0) is 4.79 Å². The van der Waals surface area contributed by atoms with Crippen LogP contribution in [0.2, 0.25) is 0 Å². The lowest BCUT2D eigenvalue weighted by Crippen LogP contribution is -2.03. The van der Waals surface area contributed by atoms with E-state index in [0.717, 1.165) is 5.56 Å². The second-order valence-electron chi connectivity index (χ2n) is 5.04. The van der Waals surface area contributed by atoms with Gasteiger partial charge in [-0.3, -0.25) is 4.79 Å². The third-order valence-corrected chi connectivity index (χ3v) is 3.65. The lowest BCUT2D eigenvalue weighted by molar-refractivity contribution is -0.139. The number of ether oxygens (including phenoxy) is 1. The molecule has 1 saturated carbocycles. The van der Waals surface area contributed by atoms with Crippen LogP contribution in [0.25, 0.3) is 0 Å². The van der Waals surface area contributed by atoms with Gasteiger partial charge in [0.1, 0.15) is 11.5 Å². The fourth-order valence-electron chi connectivity index (χ4n) is 2.64. The summed E-state index contributed by atoms with van der Waals surface area (Å²) < 4.78 is 5.20. The monoisotopic (exact) mass is 236 g/mol. The van der Waals surface area contributed by atoms with Gasteiger partial charge in [-0.2, -0.15) is 0 Å². The maximum Gasteiger partial charge on any atom is 0.307 e. The molecule has 1 aliphatic carbocycles. The Kier molecular flexibility index (Phi) is 2.53. The third kappa shape index (κ3) is 1.73. The zero-order valence-corrected chi connectivity index (χ0v) is 10.1. The highest BCUT2D eigenvalue weighted by molar-refractivity contribution is 5.78. The van der Waals surface area contributed by atoms with Gasteiger partial charge in [0.15, 0.2) is 0 Å². The molecule has 2 rings (SSSR count). The van der Waals surface area contributed by atoms with E-state index in [-0.39, 0.29) is 23.0 Å². The van der Waals surface area contributed by atoms with E-state index in [0.29, 0.717) is 5.75 Å². The summed E-state index contributed by atoms with van der Waals surface area (Å²) in [6.07, 6.45) is 0. The average molecular weight is 236 g/mol. The van der Waals surface area contributed by atoms with E-state index in [4.69, 9.17) is 9.84 Å². The minimum absolute atomic E-state index is 0.0597. The van der Waals surface area contributed by atoms with E-state index in [1.165, 1.54) is 13.2 Å². The van der Waals surface area contributed by atoms with Crippen molar-refractivity contribution in [2.75, 3.05) is 7.11 Å². The Labute approximate surface area is 99.8 Å². The number of methoxy groups -OCH3 is 1. The minimum Gasteiger partial charge on any atom is -0.508 e. The van der Waals surface area contributed by atoms with Crippen LogP contribution in [-0.4, -0.2) is 23.3 Å². The largest absolute Gasteiger partial charge is 0.508 e. The van der Waals surface area contributed by atoms with Gasteiger partial charge in [0, 0.05) is 12.0 Å². The summed E-state index contributed by atoms with van der Waals surface area (Å²) in [5, 5.41) is 18.5. The Morgan fingerprint density at radius 3 is 2.53 bits per heavy atom. The number of phenolic OH excluding ortho intramolecular Hbond substituents is 1. The highest BCUT2D eigenvalue weighted by Crippen LogP contribution is 2.65. The summed E-state index contributed by atoms with van der Waals surface area (Å²) in [6, 6.07) is 4.82. The molecule has 4 heteroatoms. The van der Waals surface area contributed by atoms with Crippen LogP contribution < -0.4 is 4.74 Å². The second-order valence-corrected chi connectivity index (χ2v) is 5.04. The smallest absolute Gasteiger partial charge is 0.307 e. The number of rotatable bonds is 3. The van der Waals surface area contributed by atoms with Gasteiger partial charge in [-0.25, -0.2) is 0 Å². The van der Waals surface area contributed by atoms with Crippen LogP contribution in [0.1, 0.15) is 25.3 Å². The van der Waals surface area contributed by atoms with Gasteiger partial charge in [0.2, 0.25) is 0 Å². The molecule has 2 N–H and O–H groups in total. The quantitative estimate of drug-likeness (QED) is 0.844. The lowest BCUT2D eigenvalue weighted by atomic mass is 10.0. The fourth-order valence-corrected chi connectivity index (χ4v) is 2.64. The topological polar surface area (TPSA) is 66.8 Å². The molecule has 1 aromatic rings. The molecular weight excluding hydrogens is 220 g/mol. The standard InChI is InChI=1S/C13H16O4/c1-13(2)10(11(13)12(15)16)8-5-4-7(14)6-9(8)17-3/h4-6,10-11,14H,1-3H3,(H,15,16)/t10-,11+/m1/s1. The summed E-state index contributed by atoms with van der Waals surface area (Å²) in [5.74, 6) is -0.561. The molecule has 1 fully saturated rings.